The molecule has 0 saturated carbocycles. The predicted molar refractivity (Wildman–Crippen MR) is 108 cm³/mol. The van der Waals surface area contributed by atoms with Crippen molar-refractivity contribution < 1.29 is 13.6 Å². The Balaban J connectivity index is 1.94. The van der Waals surface area contributed by atoms with Crippen LogP contribution in [0.3, 0.4) is 0 Å². The van der Waals surface area contributed by atoms with Gasteiger partial charge in [0.05, 0.1) is 6.07 Å². The number of carbonyl (C=O) groups is 1. The number of aryl methyl sites for hydroxylation is 1. The number of amides is 1. The molecule has 1 aromatic carbocycles. The minimum Gasteiger partial charge on any atom is -0.406 e. The number of hydrogen-bond acceptors (Lipinski definition) is 7. The number of aromatic nitrogens is 4. The Morgan fingerprint density at radius 1 is 1.37 bits per heavy atom. The van der Waals surface area contributed by atoms with Gasteiger partial charge in [-0.3, -0.25) is 9.48 Å². The average molecular weight is 413 g/mol. The number of nitriles is 1. The fourth-order valence-electron chi connectivity index (χ4n) is 3.20. The molecule has 9 nitrogen and oxygen atoms in total. The Hall–Kier alpha value is -3.48. The first-order valence-corrected chi connectivity index (χ1v) is 9.64. The van der Waals surface area contributed by atoms with Gasteiger partial charge < -0.3 is 15.5 Å². The summed E-state index contributed by atoms with van der Waals surface area (Å²) in [5, 5.41) is 23.9. The number of nitrogens with two attached hydrogens (primary N) is 1. The first kappa shape index (κ1) is 21.2. The minimum atomic E-state index is -0.626. The normalized spacial score (nSPS) is 12.6. The third kappa shape index (κ3) is 4.40. The molecule has 1 amide bonds. The lowest BCUT2D eigenvalue weighted by Gasteiger charge is -2.28. The van der Waals surface area contributed by atoms with Crippen molar-refractivity contribution in [1.82, 2.24) is 25.3 Å². The zero-order chi connectivity index (χ0) is 21.9. The van der Waals surface area contributed by atoms with Crippen LogP contribution in [0, 0.1) is 22.6 Å². The van der Waals surface area contributed by atoms with Crippen molar-refractivity contribution in [3.63, 3.8) is 0 Å². The molecule has 3 rings (SSSR count). The van der Waals surface area contributed by atoms with Crippen molar-refractivity contribution in [3.8, 4) is 6.07 Å². The molecule has 1 atom stereocenters. The Kier molecular flexibility index (Phi) is 6.01. The molecule has 3 N–H and O–H groups in total. The van der Waals surface area contributed by atoms with Crippen molar-refractivity contribution in [2.24, 2.45) is 5.41 Å². The second-order valence-electron chi connectivity index (χ2n) is 8.07. The second-order valence-corrected chi connectivity index (χ2v) is 8.07. The molecule has 158 valence electrons. The molecule has 0 radical (unpaired) electrons. The summed E-state index contributed by atoms with van der Waals surface area (Å²) >= 11 is 0. The first-order chi connectivity index (χ1) is 14.2. The lowest BCUT2D eigenvalue weighted by molar-refractivity contribution is 0.0881. The molecular formula is C20H24FN7O2. The number of rotatable bonds is 7. The number of nitrogens with one attached hydrogen (secondary N) is 1. The lowest BCUT2D eigenvalue weighted by atomic mass is 9.86. The van der Waals surface area contributed by atoms with Crippen LogP contribution in [-0.2, 0) is 6.54 Å². The molecule has 0 unspecified atom stereocenters. The molecule has 2 heterocycles. The van der Waals surface area contributed by atoms with E-state index in [-0.39, 0.29) is 23.1 Å². The summed E-state index contributed by atoms with van der Waals surface area (Å²) in [6.45, 7) is 6.12. The topological polar surface area (TPSA) is 136 Å². The maximum atomic E-state index is 14.5. The SMILES string of the molecule is CC(C)(C)[C@H](NC(=O)c1nn(CCCCC#N)c2c(F)cccc12)c1nnc(N)o1. The Morgan fingerprint density at radius 3 is 2.77 bits per heavy atom. The smallest absolute Gasteiger partial charge is 0.312 e. The van der Waals surface area contributed by atoms with Gasteiger partial charge in [-0.15, -0.1) is 5.10 Å². The highest BCUT2D eigenvalue weighted by molar-refractivity contribution is 6.05. The van der Waals surface area contributed by atoms with Gasteiger partial charge in [0.25, 0.3) is 5.91 Å². The van der Waals surface area contributed by atoms with E-state index in [2.05, 4.69) is 26.7 Å². The number of hydrogen-bond donors (Lipinski definition) is 2. The van der Waals surface area contributed by atoms with Crippen LogP contribution >= 0.6 is 0 Å². The van der Waals surface area contributed by atoms with Crippen LogP contribution < -0.4 is 11.1 Å². The summed E-state index contributed by atoms with van der Waals surface area (Å²) in [5.74, 6) is -0.769. The number of fused-ring (bicyclic) bond motifs is 1. The fourth-order valence-corrected chi connectivity index (χ4v) is 3.20. The lowest BCUT2D eigenvalue weighted by Crippen LogP contribution is -2.37. The summed E-state index contributed by atoms with van der Waals surface area (Å²) in [4.78, 5) is 13.1. The summed E-state index contributed by atoms with van der Waals surface area (Å²) < 4.78 is 21.3. The number of benzene rings is 1. The van der Waals surface area contributed by atoms with Crippen LogP contribution in [0.15, 0.2) is 22.6 Å². The van der Waals surface area contributed by atoms with E-state index >= 15 is 0 Å². The van der Waals surface area contributed by atoms with Gasteiger partial charge in [0.1, 0.15) is 17.4 Å². The van der Waals surface area contributed by atoms with Gasteiger partial charge in [0, 0.05) is 18.4 Å². The number of nitrogens with zero attached hydrogens (tertiary/aromatic N) is 5. The molecule has 0 saturated heterocycles. The van der Waals surface area contributed by atoms with Crippen molar-refractivity contribution in [2.75, 3.05) is 5.73 Å². The van der Waals surface area contributed by atoms with Crippen LogP contribution in [-0.4, -0.2) is 25.9 Å². The zero-order valence-corrected chi connectivity index (χ0v) is 17.1. The van der Waals surface area contributed by atoms with E-state index in [1.807, 2.05) is 20.8 Å². The van der Waals surface area contributed by atoms with Crippen LogP contribution in [0.2, 0.25) is 0 Å². The highest BCUT2D eigenvalue weighted by atomic mass is 19.1. The maximum Gasteiger partial charge on any atom is 0.312 e. The molecular weight excluding hydrogens is 389 g/mol. The number of unbranched alkanes of at least 4 members (excludes halogenated alkanes) is 2. The summed E-state index contributed by atoms with van der Waals surface area (Å²) in [6.07, 6.45) is 1.72. The number of carbonyl (C=O) groups excluding carboxylic acids is 1. The van der Waals surface area contributed by atoms with E-state index in [9.17, 15) is 9.18 Å². The van der Waals surface area contributed by atoms with Gasteiger partial charge in [-0.1, -0.05) is 38.0 Å². The van der Waals surface area contributed by atoms with Gasteiger partial charge in [0.2, 0.25) is 5.89 Å². The third-order valence-corrected chi connectivity index (χ3v) is 4.69. The van der Waals surface area contributed by atoms with Gasteiger partial charge >= 0.3 is 6.01 Å². The summed E-state index contributed by atoms with van der Waals surface area (Å²) in [6, 6.07) is 5.89. The number of nitrogen functional groups attached to an aromatic ring is 1. The molecule has 0 spiro atoms. The van der Waals surface area contributed by atoms with Gasteiger partial charge in [-0.25, -0.2) is 4.39 Å². The molecule has 0 aliphatic heterocycles. The highest BCUT2D eigenvalue weighted by Crippen LogP contribution is 2.33. The standard InChI is InChI=1S/C20H24FN7O2/c1-20(2,3)16(18-25-26-19(23)30-18)24-17(29)14-12-8-7-9-13(21)15(12)28(27-14)11-6-4-5-10-22/h7-9,16H,4-6,11H2,1-3H3,(H2,23,26)(H,24,29)/t16-/m1/s1. The Bertz CT molecular complexity index is 1090. The van der Waals surface area contributed by atoms with Crippen LogP contribution in [0.25, 0.3) is 10.9 Å². The molecule has 0 aliphatic carbocycles. The van der Waals surface area contributed by atoms with E-state index in [1.54, 1.807) is 6.07 Å². The van der Waals surface area contributed by atoms with E-state index in [0.29, 0.717) is 31.2 Å². The molecule has 30 heavy (non-hydrogen) atoms. The predicted octanol–water partition coefficient (Wildman–Crippen LogP) is 3.35. The second kappa shape index (κ2) is 8.49. The minimum absolute atomic E-state index is 0.0948. The Labute approximate surface area is 173 Å². The quantitative estimate of drug-likeness (QED) is 0.567. The molecule has 0 fully saturated rings. The van der Waals surface area contributed by atoms with Gasteiger partial charge in [-0.2, -0.15) is 10.4 Å². The molecule has 10 heteroatoms. The first-order valence-electron chi connectivity index (χ1n) is 9.64. The molecule has 0 bridgehead atoms. The monoisotopic (exact) mass is 413 g/mol. The maximum absolute atomic E-state index is 14.5. The number of anilines is 1. The van der Waals surface area contributed by atoms with Gasteiger partial charge in [0.15, 0.2) is 5.69 Å². The Morgan fingerprint density at radius 2 is 2.13 bits per heavy atom. The van der Waals surface area contributed by atoms with E-state index in [0.717, 1.165) is 0 Å². The van der Waals surface area contributed by atoms with E-state index in [4.69, 9.17) is 15.4 Å². The molecule has 3 aromatic rings. The van der Waals surface area contributed by atoms with Crippen molar-refractivity contribution in [1.29, 1.82) is 5.26 Å². The van der Waals surface area contributed by atoms with Crippen molar-refractivity contribution in [2.45, 2.75) is 52.6 Å². The van der Waals surface area contributed by atoms with E-state index < -0.39 is 23.2 Å². The zero-order valence-electron chi connectivity index (χ0n) is 17.1. The largest absolute Gasteiger partial charge is 0.406 e. The van der Waals surface area contributed by atoms with Crippen LogP contribution in [0.1, 0.15) is 62.5 Å². The van der Waals surface area contributed by atoms with Crippen LogP contribution in [0.5, 0.6) is 0 Å². The van der Waals surface area contributed by atoms with Crippen molar-refractivity contribution in [3.05, 3.63) is 35.6 Å². The highest BCUT2D eigenvalue weighted by Gasteiger charge is 2.34. The van der Waals surface area contributed by atoms with Crippen molar-refractivity contribution >= 4 is 22.8 Å². The number of para-hydroxylation sites is 1. The van der Waals surface area contributed by atoms with E-state index in [1.165, 1.54) is 16.8 Å². The van der Waals surface area contributed by atoms with Crippen LogP contribution in [0.4, 0.5) is 10.4 Å². The average Bonchev–Trinajstić information content (AvgIpc) is 3.27. The van der Waals surface area contributed by atoms with Gasteiger partial charge in [-0.05, 0) is 24.3 Å². The fraction of sp³-hybridized carbons (Fsp3) is 0.450. The third-order valence-electron chi connectivity index (χ3n) is 4.69. The number of halogens is 1. The molecule has 2 aromatic heterocycles. The molecule has 0 aliphatic rings. The summed E-state index contributed by atoms with van der Waals surface area (Å²) in [7, 11) is 0. The summed E-state index contributed by atoms with van der Waals surface area (Å²) in [5.41, 5.74) is 5.43.